The van der Waals surface area contributed by atoms with Gasteiger partial charge in [0.25, 0.3) is 5.91 Å². The topological polar surface area (TPSA) is 41.9 Å². The predicted octanol–water partition coefficient (Wildman–Crippen LogP) is 4.87. The molecule has 1 heterocycles. The molecule has 26 heavy (non-hydrogen) atoms. The van der Waals surface area contributed by atoms with Crippen LogP contribution in [0.25, 0.3) is 6.08 Å². The molecule has 6 heteroatoms. The smallest absolute Gasteiger partial charge is 0.266 e. The molecular weight excluding hydrogens is 412 g/mol. The Morgan fingerprint density at radius 3 is 2.62 bits per heavy atom. The average Bonchev–Trinajstić information content (AvgIpc) is 2.90. The van der Waals surface area contributed by atoms with Gasteiger partial charge in [0, 0.05) is 24.1 Å². The number of amides is 1. The molecule has 2 aromatic carbocycles. The second-order valence-corrected chi connectivity index (χ2v) is 7.86. The lowest BCUT2D eigenvalue weighted by Gasteiger charge is -2.11. The molecule has 4 nitrogen and oxygen atoms in total. The number of carbonyl (C=O) groups is 1. The normalized spacial score (nSPS) is 17.4. The number of hydrogen-bond donors (Lipinski definition) is 0. The van der Waals surface area contributed by atoms with Crippen LogP contribution in [-0.4, -0.2) is 30.1 Å². The Morgan fingerprint density at radius 2 is 1.96 bits per heavy atom. The lowest BCUT2D eigenvalue weighted by atomic mass is 10.1. The third kappa shape index (κ3) is 4.19. The van der Waals surface area contributed by atoms with Crippen LogP contribution in [0, 0.1) is 6.92 Å². The molecule has 0 aliphatic carbocycles. The molecule has 0 spiro atoms. The van der Waals surface area contributed by atoms with Gasteiger partial charge in [-0.2, -0.15) is 0 Å². The van der Waals surface area contributed by atoms with Crippen molar-refractivity contribution >= 4 is 44.8 Å². The summed E-state index contributed by atoms with van der Waals surface area (Å²) in [6, 6.07) is 14.0. The van der Waals surface area contributed by atoms with Crippen LogP contribution < -0.4 is 4.74 Å². The van der Waals surface area contributed by atoms with Gasteiger partial charge in [0.1, 0.15) is 12.4 Å². The number of thioether (sulfide) groups is 1. The van der Waals surface area contributed by atoms with Crippen molar-refractivity contribution in [3.8, 4) is 5.75 Å². The van der Waals surface area contributed by atoms with Crippen LogP contribution in [0.5, 0.6) is 5.75 Å². The number of hydrogen-bond acceptors (Lipinski definition) is 4. The molecule has 3 rings (SSSR count). The maximum Gasteiger partial charge on any atom is 0.266 e. The van der Waals surface area contributed by atoms with E-state index < -0.39 is 0 Å². The SMILES string of the molecule is CN=C1S/C(=C/c2cc(Br)ccc2OCc2ccc(C)cc2)C(=O)N1C. The van der Waals surface area contributed by atoms with Crippen molar-refractivity contribution in [3.05, 3.63) is 68.5 Å². The van der Waals surface area contributed by atoms with E-state index in [2.05, 4.69) is 52.1 Å². The molecule has 1 amide bonds. The van der Waals surface area contributed by atoms with Crippen molar-refractivity contribution in [1.29, 1.82) is 0 Å². The van der Waals surface area contributed by atoms with Crippen LogP contribution in [0.15, 0.2) is 56.8 Å². The number of aryl methyl sites for hydroxylation is 1. The minimum Gasteiger partial charge on any atom is -0.488 e. The molecule has 134 valence electrons. The first-order valence-corrected chi connectivity index (χ1v) is 9.71. The number of rotatable bonds is 4. The summed E-state index contributed by atoms with van der Waals surface area (Å²) in [4.78, 5) is 18.7. The predicted molar refractivity (Wildman–Crippen MR) is 111 cm³/mol. The van der Waals surface area contributed by atoms with Crippen LogP contribution in [0.3, 0.4) is 0 Å². The molecule has 2 aromatic rings. The lowest BCUT2D eigenvalue weighted by molar-refractivity contribution is -0.121. The summed E-state index contributed by atoms with van der Waals surface area (Å²) in [7, 11) is 3.42. The van der Waals surface area contributed by atoms with Crippen LogP contribution in [-0.2, 0) is 11.4 Å². The van der Waals surface area contributed by atoms with E-state index in [4.69, 9.17) is 4.74 Å². The van der Waals surface area contributed by atoms with E-state index in [0.29, 0.717) is 16.7 Å². The minimum absolute atomic E-state index is 0.0555. The summed E-state index contributed by atoms with van der Waals surface area (Å²) >= 11 is 4.86. The Morgan fingerprint density at radius 1 is 1.23 bits per heavy atom. The largest absolute Gasteiger partial charge is 0.488 e. The van der Waals surface area contributed by atoms with Crippen LogP contribution >= 0.6 is 27.7 Å². The lowest BCUT2D eigenvalue weighted by Crippen LogP contribution is -2.23. The monoisotopic (exact) mass is 430 g/mol. The fourth-order valence-corrected chi connectivity index (χ4v) is 3.80. The van der Waals surface area contributed by atoms with Gasteiger partial charge < -0.3 is 4.74 Å². The van der Waals surface area contributed by atoms with Gasteiger partial charge in [0.05, 0.1) is 4.91 Å². The third-order valence-corrected chi connectivity index (χ3v) is 5.61. The highest BCUT2D eigenvalue weighted by atomic mass is 79.9. The molecule has 1 saturated heterocycles. The van der Waals surface area contributed by atoms with Crippen LogP contribution in [0.4, 0.5) is 0 Å². The first-order chi connectivity index (χ1) is 12.5. The molecule has 0 radical (unpaired) electrons. The van der Waals surface area contributed by atoms with Gasteiger partial charge in [-0.25, -0.2) is 0 Å². The maximum absolute atomic E-state index is 12.4. The Bertz CT molecular complexity index is 891. The highest BCUT2D eigenvalue weighted by Crippen LogP contribution is 2.34. The third-order valence-electron chi connectivity index (χ3n) is 3.97. The zero-order chi connectivity index (χ0) is 18.7. The summed E-state index contributed by atoms with van der Waals surface area (Å²) in [5.74, 6) is 0.680. The van der Waals surface area contributed by atoms with Gasteiger partial charge in [0.15, 0.2) is 5.17 Å². The van der Waals surface area contributed by atoms with Gasteiger partial charge in [-0.15, -0.1) is 0 Å². The molecule has 1 fully saturated rings. The first-order valence-electron chi connectivity index (χ1n) is 8.10. The quantitative estimate of drug-likeness (QED) is 0.649. The molecular formula is C20H19BrN2O2S. The van der Waals surface area contributed by atoms with E-state index in [-0.39, 0.29) is 5.91 Å². The number of benzene rings is 2. The average molecular weight is 431 g/mol. The second kappa shape index (κ2) is 8.10. The molecule has 0 saturated carbocycles. The van der Waals surface area contributed by atoms with E-state index in [1.807, 2.05) is 24.3 Å². The van der Waals surface area contributed by atoms with E-state index in [1.54, 1.807) is 19.0 Å². The Balaban J connectivity index is 1.85. The van der Waals surface area contributed by atoms with Gasteiger partial charge >= 0.3 is 0 Å². The minimum atomic E-state index is -0.0555. The van der Waals surface area contributed by atoms with Crippen molar-refractivity contribution in [2.45, 2.75) is 13.5 Å². The van der Waals surface area contributed by atoms with Gasteiger partial charge in [0.2, 0.25) is 0 Å². The van der Waals surface area contributed by atoms with E-state index in [9.17, 15) is 4.79 Å². The van der Waals surface area contributed by atoms with E-state index in [0.717, 1.165) is 21.3 Å². The van der Waals surface area contributed by atoms with E-state index >= 15 is 0 Å². The summed E-state index contributed by atoms with van der Waals surface area (Å²) < 4.78 is 6.94. The van der Waals surface area contributed by atoms with Crippen molar-refractivity contribution < 1.29 is 9.53 Å². The summed E-state index contributed by atoms with van der Waals surface area (Å²) in [5.41, 5.74) is 3.17. The zero-order valence-corrected chi connectivity index (χ0v) is 17.2. The fourth-order valence-electron chi connectivity index (χ4n) is 2.50. The van der Waals surface area contributed by atoms with Crippen molar-refractivity contribution in [2.24, 2.45) is 4.99 Å². The molecule has 0 atom stereocenters. The number of amidine groups is 1. The number of nitrogens with zero attached hydrogens (tertiary/aromatic N) is 2. The fraction of sp³-hybridized carbons (Fsp3) is 0.200. The maximum atomic E-state index is 12.4. The Hall–Kier alpha value is -2.05. The number of ether oxygens (including phenoxy) is 1. The molecule has 0 bridgehead atoms. The molecule has 0 N–H and O–H groups in total. The van der Waals surface area contributed by atoms with Crippen LogP contribution in [0.2, 0.25) is 0 Å². The number of aliphatic imine (C=N–C) groups is 1. The van der Waals surface area contributed by atoms with Crippen LogP contribution in [0.1, 0.15) is 16.7 Å². The molecule has 0 aromatic heterocycles. The molecule has 0 unspecified atom stereocenters. The molecule has 1 aliphatic heterocycles. The standard InChI is InChI=1S/C20H19BrN2O2S/c1-13-4-6-14(7-5-13)12-25-17-9-8-16(21)10-15(17)11-18-19(24)23(3)20(22-2)26-18/h4-11H,12H2,1-3H3/b18-11+,22-20?. The van der Waals surface area contributed by atoms with Crippen molar-refractivity contribution in [3.63, 3.8) is 0 Å². The van der Waals surface area contributed by atoms with Crippen molar-refractivity contribution in [2.75, 3.05) is 14.1 Å². The number of likely N-dealkylation sites (N-methyl/N-ethyl adjacent to an activating group) is 1. The van der Waals surface area contributed by atoms with Crippen molar-refractivity contribution in [1.82, 2.24) is 4.90 Å². The zero-order valence-electron chi connectivity index (χ0n) is 14.8. The Labute approximate surface area is 166 Å². The number of halogens is 1. The summed E-state index contributed by atoms with van der Waals surface area (Å²) in [6.45, 7) is 2.53. The number of carbonyl (C=O) groups excluding carboxylic acids is 1. The summed E-state index contributed by atoms with van der Waals surface area (Å²) in [5, 5.41) is 0.693. The van der Waals surface area contributed by atoms with Gasteiger partial charge in [-0.05, 0) is 48.5 Å². The highest BCUT2D eigenvalue weighted by molar-refractivity contribution is 9.10. The summed E-state index contributed by atoms with van der Waals surface area (Å²) in [6.07, 6.45) is 1.86. The van der Waals surface area contributed by atoms with Gasteiger partial charge in [-0.1, -0.05) is 45.8 Å². The van der Waals surface area contributed by atoms with Gasteiger partial charge in [-0.3, -0.25) is 14.7 Å². The molecule has 1 aliphatic rings. The highest BCUT2D eigenvalue weighted by Gasteiger charge is 2.29. The second-order valence-electron chi connectivity index (χ2n) is 5.94. The first kappa shape index (κ1) is 18.7. The Kier molecular flexibility index (Phi) is 5.84. The van der Waals surface area contributed by atoms with E-state index in [1.165, 1.54) is 17.3 Å².